The average molecular weight is 394 g/mol. The Bertz CT molecular complexity index is 1050. The molecule has 2 aromatic heterocycles. The Labute approximate surface area is 157 Å². The van der Waals surface area contributed by atoms with Gasteiger partial charge in [0.25, 0.3) is 5.91 Å². The lowest BCUT2D eigenvalue weighted by Gasteiger charge is -2.08. The van der Waals surface area contributed by atoms with Gasteiger partial charge < -0.3 is 14.8 Å². The van der Waals surface area contributed by atoms with Crippen molar-refractivity contribution in [2.24, 2.45) is 0 Å². The number of halogens is 3. The van der Waals surface area contributed by atoms with Gasteiger partial charge in [-0.25, -0.2) is 4.98 Å². The Kier molecular flexibility index (Phi) is 4.15. The minimum Gasteiger partial charge on any atom is -0.395 e. The normalized spacial score (nSPS) is 14.5. The lowest BCUT2D eigenvalue weighted by molar-refractivity contribution is -0.286. The number of rotatable bonds is 4. The number of fused-ring (bicyclic) bond motifs is 2. The highest BCUT2D eigenvalue weighted by Gasteiger charge is 2.43. The Hall–Kier alpha value is -2.87. The van der Waals surface area contributed by atoms with Crippen molar-refractivity contribution in [2.75, 3.05) is 0 Å². The highest BCUT2D eigenvalue weighted by atomic mass is 35.5. The molecule has 3 aromatic rings. The van der Waals surface area contributed by atoms with Crippen LogP contribution in [0.2, 0.25) is 5.02 Å². The minimum atomic E-state index is -3.67. The second kappa shape index (κ2) is 6.38. The standard InChI is InChI=1S/C18H14ClF2N3O3/c1-2-12-16(24-9-11(19)4-6-15(24)23-12)17(25)22-8-10-3-5-13-14(7-10)27-18(20,21)26-13/h3-7,9H,2,8H2,1H3,(H,22,25). The van der Waals surface area contributed by atoms with Gasteiger partial charge >= 0.3 is 6.29 Å². The number of aryl methyl sites for hydroxylation is 1. The van der Waals surface area contributed by atoms with E-state index in [0.29, 0.717) is 34.0 Å². The van der Waals surface area contributed by atoms with Crippen molar-refractivity contribution in [3.8, 4) is 11.5 Å². The zero-order valence-corrected chi connectivity index (χ0v) is 14.9. The number of imidazole rings is 1. The van der Waals surface area contributed by atoms with Crippen LogP contribution >= 0.6 is 11.6 Å². The maximum atomic E-state index is 13.1. The zero-order chi connectivity index (χ0) is 19.2. The Morgan fingerprint density at radius 2 is 2.04 bits per heavy atom. The molecule has 3 heterocycles. The van der Waals surface area contributed by atoms with Gasteiger partial charge in [0.05, 0.1) is 10.7 Å². The number of hydrogen-bond acceptors (Lipinski definition) is 4. The summed E-state index contributed by atoms with van der Waals surface area (Å²) in [7, 11) is 0. The number of amides is 1. The van der Waals surface area contributed by atoms with Gasteiger partial charge in [0, 0.05) is 12.7 Å². The molecule has 0 saturated carbocycles. The first-order chi connectivity index (χ1) is 12.9. The van der Waals surface area contributed by atoms with Crippen molar-refractivity contribution in [3.63, 3.8) is 0 Å². The van der Waals surface area contributed by atoms with Gasteiger partial charge in [0.15, 0.2) is 11.5 Å². The SMILES string of the molecule is CCc1nc2ccc(Cl)cn2c1C(=O)NCc1ccc2c(c1)OC(F)(F)O2. The smallest absolute Gasteiger partial charge is 0.395 e. The van der Waals surface area contributed by atoms with Gasteiger partial charge in [-0.3, -0.25) is 9.20 Å². The van der Waals surface area contributed by atoms with Crippen molar-refractivity contribution in [3.05, 3.63) is 58.5 Å². The molecule has 0 spiro atoms. The monoisotopic (exact) mass is 393 g/mol. The molecule has 1 aromatic carbocycles. The maximum Gasteiger partial charge on any atom is 0.586 e. The summed E-state index contributed by atoms with van der Waals surface area (Å²) < 4.78 is 36.6. The first-order valence-electron chi connectivity index (χ1n) is 8.20. The third-order valence-electron chi connectivity index (χ3n) is 4.12. The van der Waals surface area contributed by atoms with E-state index >= 15 is 0 Å². The van der Waals surface area contributed by atoms with E-state index < -0.39 is 6.29 Å². The maximum absolute atomic E-state index is 13.1. The van der Waals surface area contributed by atoms with Crippen LogP contribution in [-0.4, -0.2) is 21.6 Å². The number of hydrogen-bond donors (Lipinski definition) is 1. The molecule has 1 N–H and O–H groups in total. The first-order valence-corrected chi connectivity index (χ1v) is 8.57. The molecule has 0 bridgehead atoms. The van der Waals surface area contributed by atoms with E-state index in [1.165, 1.54) is 12.1 Å². The van der Waals surface area contributed by atoms with Crippen LogP contribution in [0.1, 0.15) is 28.7 Å². The summed E-state index contributed by atoms with van der Waals surface area (Å²) in [5.41, 5.74) is 2.24. The number of alkyl halides is 2. The second-order valence-corrected chi connectivity index (χ2v) is 6.40. The molecule has 140 valence electrons. The van der Waals surface area contributed by atoms with Crippen LogP contribution in [0.5, 0.6) is 11.5 Å². The van der Waals surface area contributed by atoms with Crippen LogP contribution in [0, 0.1) is 0 Å². The highest BCUT2D eigenvalue weighted by Crippen LogP contribution is 2.41. The molecule has 0 atom stereocenters. The molecule has 1 amide bonds. The Balaban J connectivity index is 1.56. The van der Waals surface area contributed by atoms with Crippen LogP contribution in [0.15, 0.2) is 36.5 Å². The Morgan fingerprint density at radius 1 is 1.26 bits per heavy atom. The fourth-order valence-electron chi connectivity index (χ4n) is 2.92. The molecule has 0 unspecified atom stereocenters. The second-order valence-electron chi connectivity index (χ2n) is 5.97. The van der Waals surface area contributed by atoms with Crippen LogP contribution in [0.25, 0.3) is 5.65 Å². The van der Waals surface area contributed by atoms with E-state index in [0.717, 1.165) is 0 Å². The van der Waals surface area contributed by atoms with Crippen molar-refractivity contribution in [1.29, 1.82) is 0 Å². The summed E-state index contributed by atoms with van der Waals surface area (Å²) in [4.78, 5) is 17.2. The topological polar surface area (TPSA) is 64.9 Å². The van der Waals surface area contributed by atoms with Gasteiger partial charge in [-0.15, -0.1) is 8.78 Å². The fraction of sp³-hybridized carbons (Fsp3) is 0.222. The molecular weight excluding hydrogens is 380 g/mol. The number of nitrogens with one attached hydrogen (secondary N) is 1. The number of ether oxygens (including phenoxy) is 2. The quantitative estimate of drug-likeness (QED) is 0.732. The first kappa shape index (κ1) is 17.5. The molecule has 1 aliphatic rings. The average Bonchev–Trinajstić information content (AvgIpc) is 3.13. The lowest BCUT2D eigenvalue weighted by Crippen LogP contribution is -2.26. The number of carbonyl (C=O) groups excluding carboxylic acids is 1. The van der Waals surface area contributed by atoms with Crippen LogP contribution in [0.4, 0.5) is 8.78 Å². The van der Waals surface area contributed by atoms with E-state index in [4.69, 9.17) is 11.6 Å². The molecule has 0 fully saturated rings. The minimum absolute atomic E-state index is 0.0419. The van der Waals surface area contributed by atoms with E-state index in [2.05, 4.69) is 19.8 Å². The Morgan fingerprint density at radius 3 is 2.81 bits per heavy atom. The number of carbonyl (C=O) groups is 1. The molecule has 27 heavy (non-hydrogen) atoms. The molecule has 0 aliphatic carbocycles. The van der Waals surface area contributed by atoms with Crippen molar-refractivity contribution < 1.29 is 23.0 Å². The molecule has 0 saturated heterocycles. The van der Waals surface area contributed by atoms with Crippen LogP contribution < -0.4 is 14.8 Å². The molecule has 6 nitrogen and oxygen atoms in total. The molecule has 4 rings (SSSR count). The van der Waals surface area contributed by atoms with Gasteiger partial charge in [-0.05, 0) is 36.2 Å². The summed E-state index contributed by atoms with van der Waals surface area (Å²) >= 11 is 6.03. The molecular formula is C18H14ClF2N3O3. The van der Waals surface area contributed by atoms with E-state index in [1.54, 1.807) is 28.8 Å². The number of aromatic nitrogens is 2. The van der Waals surface area contributed by atoms with Crippen molar-refractivity contribution in [1.82, 2.24) is 14.7 Å². The molecule has 0 radical (unpaired) electrons. The third kappa shape index (κ3) is 3.28. The number of nitrogens with zero attached hydrogens (tertiary/aromatic N) is 2. The number of benzene rings is 1. The van der Waals surface area contributed by atoms with Crippen LogP contribution in [-0.2, 0) is 13.0 Å². The van der Waals surface area contributed by atoms with Gasteiger partial charge in [0.1, 0.15) is 11.3 Å². The largest absolute Gasteiger partial charge is 0.586 e. The third-order valence-corrected chi connectivity index (χ3v) is 4.35. The summed E-state index contributed by atoms with van der Waals surface area (Å²) in [6, 6.07) is 7.80. The fourth-order valence-corrected chi connectivity index (χ4v) is 3.08. The summed E-state index contributed by atoms with van der Waals surface area (Å²) in [6.45, 7) is 2.02. The highest BCUT2D eigenvalue weighted by molar-refractivity contribution is 6.30. The van der Waals surface area contributed by atoms with Gasteiger partial charge in [-0.2, -0.15) is 0 Å². The van der Waals surface area contributed by atoms with Gasteiger partial charge in [0.2, 0.25) is 0 Å². The van der Waals surface area contributed by atoms with Gasteiger partial charge in [-0.1, -0.05) is 24.6 Å². The van der Waals surface area contributed by atoms with E-state index in [1.807, 2.05) is 6.92 Å². The number of pyridine rings is 1. The lowest BCUT2D eigenvalue weighted by atomic mass is 10.2. The summed E-state index contributed by atoms with van der Waals surface area (Å²) in [6.07, 6.45) is -1.47. The van der Waals surface area contributed by atoms with E-state index in [9.17, 15) is 13.6 Å². The predicted octanol–water partition coefficient (Wildman–Crippen LogP) is 3.80. The molecule has 9 heteroatoms. The summed E-state index contributed by atoms with van der Waals surface area (Å²) in [5, 5.41) is 3.25. The zero-order valence-electron chi connectivity index (χ0n) is 14.1. The predicted molar refractivity (Wildman–Crippen MR) is 93.4 cm³/mol. The van der Waals surface area contributed by atoms with Crippen molar-refractivity contribution in [2.45, 2.75) is 26.2 Å². The van der Waals surface area contributed by atoms with Crippen LogP contribution in [0.3, 0.4) is 0 Å². The summed E-state index contributed by atoms with van der Waals surface area (Å²) in [5.74, 6) is -0.452. The van der Waals surface area contributed by atoms with E-state index in [-0.39, 0.29) is 24.0 Å². The van der Waals surface area contributed by atoms with Crippen molar-refractivity contribution >= 4 is 23.2 Å². The molecule has 1 aliphatic heterocycles.